The molecule has 8 atom stereocenters. The molecule has 3 aromatic rings. The highest BCUT2D eigenvalue weighted by Crippen LogP contribution is 2.29. The lowest BCUT2D eigenvalue weighted by molar-refractivity contribution is -0.144. The zero-order chi connectivity index (χ0) is 59.7. The molecule has 3 aromatic carbocycles. The molecule has 0 radical (unpaired) electrons. The standard InChI is InChI=1S/C54H78N12O12S2/c1-31(57-9)45(67)63-43(53(3,4)5)51(73)65-29-37(27-41(65)49(71)59-24-22-33-14-18-39(19-15-33)79(55,75)76)61-47(69)35-12-11-13-36(26-35)48(70)62-38-28-42(50(72)60-25-23-34-16-20-40(21-17-34)80(56,77)78)66(30-38)52(74)44(54(6,7)8)64-46(68)32(2)58-10/h11-21,26,31-32,37-38,41-44,57-58H,22-25,27-30H2,1-10H3,(H,59,71)(H,60,72)(H,61,69)(H,62,70)(H,63,67)(H,64,68)(H2,55,75,76)(H2,56,77,78)/t31-,32-,37-,38-,41-,42-,43+,44+/m0/s1. The third-order valence-electron chi connectivity index (χ3n) is 14.2. The maximum Gasteiger partial charge on any atom is 0.251 e. The molecule has 80 heavy (non-hydrogen) atoms. The minimum absolute atomic E-state index is 0.0154. The number of carbonyl (C=O) groups is 8. The molecule has 26 heteroatoms. The number of hydrogen-bond donors (Lipinski definition) is 10. The summed E-state index contributed by atoms with van der Waals surface area (Å²) in [6, 6.07) is 10.4. The van der Waals surface area contributed by atoms with Crippen LogP contribution in [0.3, 0.4) is 0 Å². The molecule has 0 bridgehead atoms. The monoisotopic (exact) mass is 1150 g/mol. The second kappa shape index (κ2) is 26.6. The zero-order valence-electron chi connectivity index (χ0n) is 47.0. The van der Waals surface area contributed by atoms with Crippen LogP contribution in [0.25, 0.3) is 0 Å². The largest absolute Gasteiger partial charge is 0.354 e. The van der Waals surface area contributed by atoms with E-state index in [1.54, 1.807) is 93.8 Å². The Hall–Kier alpha value is -6.84. The molecule has 0 unspecified atom stereocenters. The Balaban J connectivity index is 1.33. The fraction of sp³-hybridized carbons (Fsp3) is 0.519. The van der Waals surface area contributed by atoms with Crippen molar-refractivity contribution >= 4 is 67.3 Å². The van der Waals surface area contributed by atoms with Gasteiger partial charge in [0.25, 0.3) is 11.8 Å². The number of likely N-dealkylation sites (tertiary alicyclic amines) is 2. The lowest BCUT2D eigenvalue weighted by Crippen LogP contribution is -2.59. The molecule has 2 saturated heterocycles. The van der Waals surface area contributed by atoms with Crippen molar-refractivity contribution in [2.24, 2.45) is 21.1 Å². The fourth-order valence-corrected chi connectivity index (χ4v) is 10.2. The second-order valence-electron chi connectivity index (χ2n) is 22.5. The van der Waals surface area contributed by atoms with Crippen LogP contribution in [-0.2, 0) is 61.7 Å². The van der Waals surface area contributed by atoms with E-state index in [-0.39, 0.29) is 59.9 Å². The number of likely N-dealkylation sites (N-methyl/N-ethyl adjacent to an activating group) is 2. The zero-order valence-corrected chi connectivity index (χ0v) is 48.6. The summed E-state index contributed by atoms with van der Waals surface area (Å²) in [5, 5.41) is 33.4. The number of hydrogen-bond acceptors (Lipinski definition) is 14. The van der Waals surface area contributed by atoms with Crippen molar-refractivity contribution in [3.05, 3.63) is 95.1 Å². The molecule has 0 spiro atoms. The van der Waals surface area contributed by atoms with E-state index >= 15 is 0 Å². The molecule has 438 valence electrons. The summed E-state index contributed by atoms with van der Waals surface area (Å²) in [5.74, 6) is -4.28. The SMILES string of the molecule is CN[C@@H](C)C(=O)N[C@H](C(=O)N1C[C@@H](NC(=O)c2cccc(C(=O)N[C@H]3C[C@@H](C(=O)NCCc4ccc(S(N)(=O)=O)cc4)N(C(=O)[C@@H](NC(=O)[C@H](C)NC)C(C)(C)C)C3)c2)C[C@H]1C(=O)NCCc1ccc(S(N)(=O)=O)cc1)C(C)(C)C. The van der Waals surface area contributed by atoms with Crippen molar-refractivity contribution in [1.82, 2.24) is 52.3 Å². The van der Waals surface area contributed by atoms with E-state index < -0.39 is 126 Å². The van der Waals surface area contributed by atoms with Crippen molar-refractivity contribution in [2.45, 2.75) is 139 Å². The summed E-state index contributed by atoms with van der Waals surface area (Å²) in [7, 11) is -4.62. The topological polar surface area (TPSA) is 360 Å². The Morgan fingerprint density at radius 3 is 1.20 bits per heavy atom. The molecule has 2 heterocycles. The number of nitrogens with two attached hydrogens (primary N) is 2. The highest BCUT2D eigenvalue weighted by atomic mass is 32.2. The van der Waals surface area contributed by atoms with Crippen molar-refractivity contribution < 1.29 is 55.2 Å². The van der Waals surface area contributed by atoms with E-state index in [4.69, 9.17) is 10.3 Å². The predicted octanol–water partition coefficient (Wildman–Crippen LogP) is -0.625. The van der Waals surface area contributed by atoms with Gasteiger partial charge in [0.2, 0.25) is 55.5 Å². The van der Waals surface area contributed by atoms with Crippen molar-refractivity contribution in [3.63, 3.8) is 0 Å². The first-order valence-electron chi connectivity index (χ1n) is 26.3. The quantitative estimate of drug-likeness (QED) is 0.0600. The number of nitrogens with zero attached hydrogens (tertiary/aromatic N) is 2. The molecule has 2 aliphatic rings. The summed E-state index contributed by atoms with van der Waals surface area (Å²) in [6.45, 7) is 13.9. The summed E-state index contributed by atoms with van der Waals surface area (Å²) in [5.41, 5.74) is -0.0982. The highest BCUT2D eigenvalue weighted by molar-refractivity contribution is 7.89. The molecular weight excluding hydrogens is 1070 g/mol. The lowest BCUT2D eigenvalue weighted by atomic mass is 9.85. The van der Waals surface area contributed by atoms with Crippen LogP contribution in [-0.4, -0.2) is 163 Å². The van der Waals surface area contributed by atoms with Gasteiger partial charge in [0.05, 0.1) is 21.9 Å². The minimum atomic E-state index is -3.91. The number of sulfonamides is 2. The van der Waals surface area contributed by atoms with Crippen LogP contribution in [0, 0.1) is 10.8 Å². The number of rotatable bonds is 22. The Morgan fingerprint density at radius 2 is 0.900 bits per heavy atom. The van der Waals surface area contributed by atoms with Crippen molar-refractivity contribution in [3.8, 4) is 0 Å². The number of carbonyl (C=O) groups excluding carboxylic acids is 8. The average Bonchev–Trinajstić information content (AvgIpc) is 4.02. The lowest BCUT2D eigenvalue weighted by Gasteiger charge is -2.36. The summed E-state index contributed by atoms with van der Waals surface area (Å²) in [6.07, 6.45) is 0.574. The maximum absolute atomic E-state index is 14.5. The Kier molecular flexibility index (Phi) is 21.3. The Labute approximate surface area is 468 Å². The average molecular weight is 1150 g/mol. The fourth-order valence-electron chi connectivity index (χ4n) is 9.22. The van der Waals surface area contributed by atoms with Gasteiger partial charge in [-0.3, -0.25) is 38.4 Å². The van der Waals surface area contributed by atoms with Gasteiger partial charge in [-0.15, -0.1) is 0 Å². The molecule has 0 saturated carbocycles. The van der Waals surface area contributed by atoms with Crippen LogP contribution in [0.15, 0.2) is 82.6 Å². The maximum atomic E-state index is 14.5. The van der Waals surface area contributed by atoms with Gasteiger partial charge in [-0.1, -0.05) is 71.9 Å². The van der Waals surface area contributed by atoms with Gasteiger partial charge in [-0.05, 0) is 118 Å². The predicted molar refractivity (Wildman–Crippen MR) is 298 cm³/mol. The first-order chi connectivity index (χ1) is 37.2. The van der Waals surface area contributed by atoms with Gasteiger partial charge in [-0.2, -0.15) is 0 Å². The van der Waals surface area contributed by atoms with Gasteiger partial charge in [-0.25, -0.2) is 27.1 Å². The number of benzene rings is 3. The molecule has 0 aromatic heterocycles. The Morgan fingerprint density at radius 1 is 0.562 bits per heavy atom. The smallest absolute Gasteiger partial charge is 0.251 e. The molecule has 2 fully saturated rings. The minimum Gasteiger partial charge on any atom is -0.354 e. The number of amides is 8. The van der Waals surface area contributed by atoms with E-state index in [1.165, 1.54) is 58.3 Å². The molecular formula is C54H78N12O12S2. The van der Waals surface area contributed by atoms with E-state index in [2.05, 4.69) is 42.5 Å². The highest BCUT2D eigenvalue weighted by Gasteiger charge is 2.47. The van der Waals surface area contributed by atoms with Crippen LogP contribution in [0.5, 0.6) is 0 Å². The summed E-state index contributed by atoms with van der Waals surface area (Å²) in [4.78, 5) is 114. The second-order valence-corrected chi connectivity index (χ2v) is 25.6. The molecule has 5 rings (SSSR count). The van der Waals surface area contributed by atoms with Crippen molar-refractivity contribution in [1.29, 1.82) is 0 Å². The van der Waals surface area contributed by atoms with Crippen molar-refractivity contribution in [2.75, 3.05) is 40.3 Å². The van der Waals surface area contributed by atoms with Crippen LogP contribution >= 0.6 is 0 Å². The van der Waals surface area contributed by atoms with Gasteiger partial charge < -0.3 is 52.3 Å². The van der Waals surface area contributed by atoms with E-state index in [1.807, 2.05) is 0 Å². The van der Waals surface area contributed by atoms with Gasteiger partial charge in [0, 0.05) is 49.4 Å². The molecule has 0 aliphatic carbocycles. The van der Waals surface area contributed by atoms with Crippen LogP contribution in [0.1, 0.15) is 100 Å². The van der Waals surface area contributed by atoms with E-state index in [0.29, 0.717) is 24.0 Å². The Bertz CT molecular complexity index is 2800. The first-order valence-corrected chi connectivity index (χ1v) is 29.4. The van der Waals surface area contributed by atoms with Crippen LogP contribution < -0.4 is 52.8 Å². The van der Waals surface area contributed by atoms with E-state index in [9.17, 15) is 55.2 Å². The van der Waals surface area contributed by atoms with E-state index in [0.717, 1.165) is 0 Å². The molecule has 2 aliphatic heterocycles. The first kappa shape index (κ1) is 64.0. The van der Waals surface area contributed by atoms with Crippen LogP contribution in [0.4, 0.5) is 0 Å². The summed E-state index contributed by atoms with van der Waals surface area (Å²) >= 11 is 0. The normalized spacial score (nSPS) is 19.2. The van der Waals surface area contributed by atoms with Gasteiger partial charge in [0.15, 0.2) is 0 Å². The molecule has 24 nitrogen and oxygen atoms in total. The third kappa shape index (κ3) is 17.1. The number of primary sulfonamides is 2. The molecule has 8 amide bonds. The molecule has 12 N–H and O–H groups in total. The van der Waals surface area contributed by atoms with Gasteiger partial charge >= 0.3 is 0 Å². The van der Waals surface area contributed by atoms with Gasteiger partial charge in [0.1, 0.15) is 24.2 Å². The third-order valence-corrected chi connectivity index (χ3v) is 16.1. The number of nitrogens with one attached hydrogen (secondary N) is 8. The summed E-state index contributed by atoms with van der Waals surface area (Å²) < 4.78 is 47.0. The van der Waals surface area contributed by atoms with Crippen LogP contribution in [0.2, 0.25) is 0 Å².